The fourth-order valence-electron chi connectivity index (χ4n) is 3.34. The van der Waals surface area contributed by atoms with Gasteiger partial charge in [-0.05, 0) is 31.0 Å². The lowest BCUT2D eigenvalue weighted by Crippen LogP contribution is -2.58. The van der Waals surface area contributed by atoms with Gasteiger partial charge in [0.1, 0.15) is 5.54 Å². The molecule has 1 N–H and O–H groups in total. The maximum atomic E-state index is 13.1. The Kier molecular flexibility index (Phi) is 4.02. The van der Waals surface area contributed by atoms with E-state index in [1.807, 2.05) is 24.3 Å². The second-order valence-corrected chi connectivity index (χ2v) is 6.79. The Bertz CT molecular complexity index is 567. The largest absolute Gasteiger partial charge is 0.342 e. The summed E-state index contributed by atoms with van der Waals surface area (Å²) in [4.78, 5) is 26.9. The van der Waals surface area contributed by atoms with Crippen molar-refractivity contribution in [1.29, 1.82) is 0 Å². The smallest absolute Gasteiger partial charge is 0.252 e. The van der Waals surface area contributed by atoms with E-state index >= 15 is 0 Å². The fraction of sp³-hybridized carbons (Fsp3) is 0.500. The first-order valence-corrected chi connectivity index (χ1v) is 8.29. The van der Waals surface area contributed by atoms with Crippen molar-refractivity contribution in [3.05, 3.63) is 28.7 Å². The summed E-state index contributed by atoms with van der Waals surface area (Å²) in [7, 11) is 0. The molecule has 1 aromatic carbocycles. The number of halogens is 1. The molecule has 1 heterocycles. The van der Waals surface area contributed by atoms with Crippen molar-refractivity contribution >= 4 is 33.4 Å². The Balaban J connectivity index is 1.96. The molecule has 2 aliphatic rings. The highest BCUT2D eigenvalue weighted by Gasteiger charge is 2.45. The highest BCUT2D eigenvalue weighted by Crippen LogP contribution is 2.33. The molecule has 1 saturated heterocycles. The minimum absolute atomic E-state index is 0.0113. The number of amides is 2. The van der Waals surface area contributed by atoms with E-state index in [1.165, 1.54) is 0 Å². The summed E-state index contributed by atoms with van der Waals surface area (Å²) < 4.78 is 0.939. The Hall–Kier alpha value is -1.36. The van der Waals surface area contributed by atoms with Crippen LogP contribution in [0, 0.1) is 0 Å². The van der Waals surface area contributed by atoms with E-state index in [4.69, 9.17) is 0 Å². The van der Waals surface area contributed by atoms with E-state index in [0.717, 1.165) is 42.3 Å². The average Bonchev–Trinajstić information content (AvgIpc) is 2.58. The first-order valence-electron chi connectivity index (χ1n) is 7.49. The zero-order valence-electron chi connectivity index (χ0n) is 11.9. The van der Waals surface area contributed by atoms with E-state index < -0.39 is 5.54 Å². The van der Waals surface area contributed by atoms with Crippen molar-refractivity contribution in [2.24, 2.45) is 0 Å². The molecule has 21 heavy (non-hydrogen) atoms. The number of hydrogen-bond acceptors (Lipinski definition) is 2. The maximum Gasteiger partial charge on any atom is 0.252 e. The molecule has 2 amide bonds. The first kappa shape index (κ1) is 14.6. The summed E-state index contributed by atoms with van der Waals surface area (Å²) in [5, 5.41) is 3.02. The molecule has 1 spiro atoms. The van der Waals surface area contributed by atoms with Crippen LogP contribution in [-0.2, 0) is 9.59 Å². The second kappa shape index (κ2) is 5.79. The second-order valence-electron chi connectivity index (χ2n) is 5.88. The van der Waals surface area contributed by atoms with E-state index in [1.54, 1.807) is 4.90 Å². The summed E-state index contributed by atoms with van der Waals surface area (Å²) in [6, 6.07) is 7.71. The minimum Gasteiger partial charge on any atom is -0.342 e. The molecule has 112 valence electrons. The van der Waals surface area contributed by atoms with Gasteiger partial charge in [0, 0.05) is 23.1 Å². The van der Waals surface area contributed by atoms with Gasteiger partial charge in [0.25, 0.3) is 5.91 Å². The zero-order chi connectivity index (χ0) is 14.9. The molecule has 1 aliphatic heterocycles. The number of anilines is 1. The van der Waals surface area contributed by atoms with Gasteiger partial charge in [-0.15, -0.1) is 0 Å². The average molecular weight is 351 g/mol. The van der Waals surface area contributed by atoms with Crippen molar-refractivity contribution in [3.8, 4) is 0 Å². The molecule has 0 radical (unpaired) electrons. The number of carbonyl (C=O) groups is 2. The standard InChI is InChI=1S/C16H19BrN2O2/c17-12-5-4-6-13(11-12)19-10-7-14(20)18-16(15(19)21)8-2-1-3-9-16/h4-6,11H,1-3,7-10H2,(H,18,20). The monoisotopic (exact) mass is 350 g/mol. The molecule has 2 fully saturated rings. The molecule has 4 nitrogen and oxygen atoms in total. The van der Waals surface area contributed by atoms with Gasteiger partial charge >= 0.3 is 0 Å². The summed E-state index contributed by atoms with van der Waals surface area (Å²) in [6.07, 6.45) is 5.00. The molecule has 0 atom stereocenters. The molecular weight excluding hydrogens is 332 g/mol. The molecule has 3 rings (SSSR count). The van der Waals surface area contributed by atoms with Gasteiger partial charge in [0.05, 0.1) is 0 Å². The highest BCUT2D eigenvalue weighted by atomic mass is 79.9. The van der Waals surface area contributed by atoms with Crippen LogP contribution in [0.25, 0.3) is 0 Å². The lowest BCUT2D eigenvalue weighted by atomic mass is 9.80. The van der Waals surface area contributed by atoms with Crippen LogP contribution in [-0.4, -0.2) is 23.9 Å². The third-order valence-electron chi connectivity index (χ3n) is 4.42. The number of benzene rings is 1. The van der Waals surface area contributed by atoms with E-state index in [0.29, 0.717) is 13.0 Å². The SMILES string of the molecule is O=C1CCN(c2cccc(Br)c2)C(=O)C2(CCCCC2)N1. The molecule has 1 saturated carbocycles. The Morgan fingerprint density at radius 1 is 1.14 bits per heavy atom. The minimum atomic E-state index is -0.686. The van der Waals surface area contributed by atoms with Crippen LogP contribution in [0.1, 0.15) is 38.5 Å². The lowest BCUT2D eigenvalue weighted by Gasteiger charge is -2.38. The third kappa shape index (κ3) is 2.84. The Labute approximate surface area is 133 Å². The van der Waals surface area contributed by atoms with Gasteiger partial charge in [-0.25, -0.2) is 0 Å². The third-order valence-corrected chi connectivity index (χ3v) is 4.92. The van der Waals surface area contributed by atoms with Crippen molar-refractivity contribution < 1.29 is 9.59 Å². The van der Waals surface area contributed by atoms with Crippen LogP contribution in [0.3, 0.4) is 0 Å². The topological polar surface area (TPSA) is 49.4 Å². The number of nitrogens with zero attached hydrogens (tertiary/aromatic N) is 1. The Morgan fingerprint density at radius 2 is 1.90 bits per heavy atom. The van der Waals surface area contributed by atoms with Crippen molar-refractivity contribution in [1.82, 2.24) is 5.32 Å². The van der Waals surface area contributed by atoms with E-state index in [-0.39, 0.29) is 11.8 Å². The number of nitrogens with one attached hydrogen (secondary N) is 1. The van der Waals surface area contributed by atoms with E-state index in [9.17, 15) is 9.59 Å². The van der Waals surface area contributed by atoms with Gasteiger partial charge in [-0.3, -0.25) is 9.59 Å². The number of carbonyl (C=O) groups excluding carboxylic acids is 2. The first-order chi connectivity index (χ1) is 10.1. The molecular formula is C16H19BrN2O2. The summed E-state index contributed by atoms with van der Waals surface area (Å²) in [6.45, 7) is 0.447. The van der Waals surface area contributed by atoms with Crippen LogP contribution in [0.2, 0.25) is 0 Å². The molecule has 0 unspecified atom stereocenters. The molecule has 0 bridgehead atoms. The highest BCUT2D eigenvalue weighted by molar-refractivity contribution is 9.10. The Morgan fingerprint density at radius 3 is 2.62 bits per heavy atom. The van der Waals surface area contributed by atoms with Crippen LogP contribution in [0.4, 0.5) is 5.69 Å². The number of hydrogen-bond donors (Lipinski definition) is 1. The summed E-state index contributed by atoms with van der Waals surface area (Å²) in [5.74, 6) is 0.0360. The van der Waals surface area contributed by atoms with E-state index in [2.05, 4.69) is 21.2 Å². The van der Waals surface area contributed by atoms with Gasteiger partial charge < -0.3 is 10.2 Å². The molecule has 0 aromatic heterocycles. The lowest BCUT2D eigenvalue weighted by molar-refractivity contribution is -0.131. The quantitative estimate of drug-likeness (QED) is 0.846. The van der Waals surface area contributed by atoms with Crippen LogP contribution in [0.15, 0.2) is 28.7 Å². The molecule has 1 aliphatic carbocycles. The summed E-state index contributed by atoms with van der Waals surface area (Å²) in [5.41, 5.74) is 0.171. The van der Waals surface area contributed by atoms with Gasteiger partial charge in [-0.2, -0.15) is 0 Å². The predicted molar refractivity (Wildman–Crippen MR) is 85.1 cm³/mol. The summed E-state index contributed by atoms with van der Waals surface area (Å²) >= 11 is 3.45. The normalized spacial score (nSPS) is 22.0. The van der Waals surface area contributed by atoms with Crippen molar-refractivity contribution in [2.75, 3.05) is 11.4 Å². The van der Waals surface area contributed by atoms with Gasteiger partial charge in [0.2, 0.25) is 5.91 Å². The van der Waals surface area contributed by atoms with Crippen LogP contribution < -0.4 is 10.2 Å². The zero-order valence-corrected chi connectivity index (χ0v) is 13.5. The van der Waals surface area contributed by atoms with Crippen LogP contribution >= 0.6 is 15.9 Å². The predicted octanol–water partition coefficient (Wildman–Crippen LogP) is 3.00. The fourth-order valence-corrected chi connectivity index (χ4v) is 3.73. The number of rotatable bonds is 1. The van der Waals surface area contributed by atoms with Gasteiger partial charge in [-0.1, -0.05) is 41.3 Å². The van der Waals surface area contributed by atoms with Crippen LogP contribution in [0.5, 0.6) is 0 Å². The maximum absolute atomic E-state index is 13.1. The molecule has 5 heteroatoms. The van der Waals surface area contributed by atoms with Crippen molar-refractivity contribution in [2.45, 2.75) is 44.1 Å². The van der Waals surface area contributed by atoms with Crippen molar-refractivity contribution in [3.63, 3.8) is 0 Å². The van der Waals surface area contributed by atoms with Gasteiger partial charge in [0.15, 0.2) is 0 Å². The molecule has 1 aromatic rings.